The summed E-state index contributed by atoms with van der Waals surface area (Å²) in [4.78, 5) is 23.4. The standard InChI is InChI=1S/C18H12O4/c19-17(20)14-10-13-8-4-5-9-15(13)16(11-14)22-18(21)12-6-2-1-3-7-12/h1-11H,(H,19,20). The van der Waals surface area contributed by atoms with Crippen LogP contribution < -0.4 is 4.74 Å². The van der Waals surface area contributed by atoms with E-state index in [9.17, 15) is 14.7 Å². The van der Waals surface area contributed by atoms with Crippen molar-refractivity contribution in [2.75, 3.05) is 0 Å². The van der Waals surface area contributed by atoms with Gasteiger partial charge in [-0.15, -0.1) is 0 Å². The lowest BCUT2D eigenvalue weighted by Crippen LogP contribution is -2.09. The Labute approximate surface area is 126 Å². The highest BCUT2D eigenvalue weighted by Gasteiger charge is 2.14. The van der Waals surface area contributed by atoms with Gasteiger partial charge in [-0.25, -0.2) is 9.59 Å². The quantitative estimate of drug-likeness (QED) is 0.589. The Morgan fingerprint density at radius 1 is 0.818 bits per heavy atom. The minimum Gasteiger partial charge on any atom is -0.478 e. The molecule has 0 aromatic heterocycles. The molecule has 0 unspecified atom stereocenters. The first-order chi connectivity index (χ1) is 10.6. The lowest BCUT2D eigenvalue weighted by molar-refractivity contribution is 0.0688. The van der Waals surface area contributed by atoms with Crippen molar-refractivity contribution in [3.63, 3.8) is 0 Å². The highest BCUT2D eigenvalue weighted by atomic mass is 16.5. The van der Waals surface area contributed by atoms with Crippen molar-refractivity contribution < 1.29 is 19.4 Å². The summed E-state index contributed by atoms with van der Waals surface area (Å²) in [5, 5.41) is 10.6. The molecule has 1 N–H and O–H groups in total. The van der Waals surface area contributed by atoms with E-state index in [-0.39, 0.29) is 11.3 Å². The number of hydrogen-bond acceptors (Lipinski definition) is 3. The van der Waals surface area contributed by atoms with Crippen LogP contribution in [0.2, 0.25) is 0 Å². The highest BCUT2D eigenvalue weighted by Crippen LogP contribution is 2.28. The van der Waals surface area contributed by atoms with Gasteiger partial charge in [-0.05, 0) is 29.7 Å². The molecule has 0 saturated carbocycles. The molecule has 3 aromatic carbocycles. The van der Waals surface area contributed by atoms with E-state index in [1.54, 1.807) is 54.6 Å². The van der Waals surface area contributed by atoms with Crippen molar-refractivity contribution >= 4 is 22.7 Å². The summed E-state index contributed by atoms with van der Waals surface area (Å²) in [6, 6.07) is 18.7. The maximum Gasteiger partial charge on any atom is 0.343 e. The molecule has 0 amide bonds. The van der Waals surface area contributed by atoms with Gasteiger partial charge in [0, 0.05) is 5.39 Å². The second-order valence-corrected chi connectivity index (χ2v) is 4.76. The van der Waals surface area contributed by atoms with Gasteiger partial charge >= 0.3 is 11.9 Å². The first-order valence-electron chi connectivity index (χ1n) is 6.68. The van der Waals surface area contributed by atoms with Crippen LogP contribution >= 0.6 is 0 Å². The molecular formula is C18H12O4. The third-order valence-electron chi connectivity index (χ3n) is 3.28. The normalized spacial score (nSPS) is 10.4. The van der Waals surface area contributed by atoms with E-state index in [4.69, 9.17) is 4.74 Å². The number of hydrogen-bond donors (Lipinski definition) is 1. The van der Waals surface area contributed by atoms with Crippen molar-refractivity contribution in [2.45, 2.75) is 0 Å². The number of rotatable bonds is 3. The number of carbonyl (C=O) groups excluding carboxylic acids is 1. The first-order valence-corrected chi connectivity index (χ1v) is 6.68. The van der Waals surface area contributed by atoms with E-state index < -0.39 is 11.9 Å². The Morgan fingerprint density at radius 2 is 1.50 bits per heavy atom. The zero-order chi connectivity index (χ0) is 15.5. The summed E-state index contributed by atoms with van der Waals surface area (Å²) in [5.74, 6) is -1.35. The fourth-order valence-electron chi connectivity index (χ4n) is 2.22. The number of carbonyl (C=O) groups is 2. The summed E-state index contributed by atoms with van der Waals surface area (Å²) in [6.45, 7) is 0. The van der Waals surface area contributed by atoms with Gasteiger partial charge in [-0.2, -0.15) is 0 Å². The zero-order valence-corrected chi connectivity index (χ0v) is 11.5. The van der Waals surface area contributed by atoms with E-state index in [1.165, 1.54) is 6.07 Å². The fourth-order valence-corrected chi connectivity index (χ4v) is 2.22. The number of aromatic carboxylic acids is 1. The molecule has 108 valence electrons. The lowest BCUT2D eigenvalue weighted by atomic mass is 10.1. The molecule has 0 atom stereocenters. The van der Waals surface area contributed by atoms with Crippen LogP contribution in [0.15, 0.2) is 66.7 Å². The van der Waals surface area contributed by atoms with Crippen molar-refractivity contribution in [3.8, 4) is 5.75 Å². The number of esters is 1. The van der Waals surface area contributed by atoms with Gasteiger partial charge in [0.15, 0.2) is 0 Å². The van der Waals surface area contributed by atoms with Crippen LogP contribution in [0.4, 0.5) is 0 Å². The topological polar surface area (TPSA) is 63.6 Å². The van der Waals surface area contributed by atoms with Crippen LogP contribution in [0.3, 0.4) is 0 Å². The summed E-state index contributed by atoms with van der Waals surface area (Å²) in [6.07, 6.45) is 0. The average Bonchev–Trinajstić information content (AvgIpc) is 2.55. The Bertz CT molecular complexity index is 853. The number of ether oxygens (including phenoxy) is 1. The summed E-state index contributed by atoms with van der Waals surface area (Å²) in [7, 11) is 0. The van der Waals surface area contributed by atoms with Crippen LogP contribution in [-0.2, 0) is 0 Å². The van der Waals surface area contributed by atoms with Crippen LogP contribution in [0, 0.1) is 0 Å². The Balaban J connectivity index is 2.06. The Hall–Kier alpha value is -3.14. The second-order valence-electron chi connectivity index (χ2n) is 4.76. The predicted octanol–water partition coefficient (Wildman–Crippen LogP) is 3.76. The smallest absolute Gasteiger partial charge is 0.343 e. The Kier molecular flexibility index (Phi) is 3.58. The first kappa shape index (κ1) is 13.8. The summed E-state index contributed by atoms with van der Waals surface area (Å²) >= 11 is 0. The van der Waals surface area contributed by atoms with E-state index in [1.807, 2.05) is 6.07 Å². The molecule has 0 spiro atoms. The molecule has 0 fully saturated rings. The van der Waals surface area contributed by atoms with E-state index in [2.05, 4.69) is 0 Å². The number of benzene rings is 3. The molecule has 0 bridgehead atoms. The van der Waals surface area contributed by atoms with Gasteiger partial charge in [0.2, 0.25) is 0 Å². The molecular weight excluding hydrogens is 280 g/mol. The molecule has 0 radical (unpaired) electrons. The zero-order valence-electron chi connectivity index (χ0n) is 11.5. The van der Waals surface area contributed by atoms with Crippen LogP contribution in [0.25, 0.3) is 10.8 Å². The van der Waals surface area contributed by atoms with Gasteiger partial charge in [0.05, 0.1) is 11.1 Å². The van der Waals surface area contributed by atoms with Crippen LogP contribution in [0.5, 0.6) is 5.75 Å². The van der Waals surface area contributed by atoms with Crippen molar-refractivity contribution in [3.05, 3.63) is 77.9 Å². The summed E-state index contributed by atoms with van der Waals surface area (Å²) < 4.78 is 5.40. The maximum atomic E-state index is 12.2. The van der Waals surface area contributed by atoms with Crippen molar-refractivity contribution in [1.82, 2.24) is 0 Å². The third kappa shape index (κ3) is 2.67. The average molecular weight is 292 g/mol. The van der Waals surface area contributed by atoms with E-state index in [0.717, 1.165) is 0 Å². The van der Waals surface area contributed by atoms with Crippen LogP contribution in [0.1, 0.15) is 20.7 Å². The molecule has 0 aliphatic carbocycles. The highest BCUT2D eigenvalue weighted by molar-refractivity contribution is 6.00. The van der Waals surface area contributed by atoms with Gasteiger partial charge in [-0.1, -0.05) is 42.5 Å². The van der Waals surface area contributed by atoms with Gasteiger partial charge in [-0.3, -0.25) is 0 Å². The summed E-state index contributed by atoms with van der Waals surface area (Å²) in [5.41, 5.74) is 0.488. The number of fused-ring (bicyclic) bond motifs is 1. The SMILES string of the molecule is O=C(O)c1cc(OC(=O)c2ccccc2)c2ccccc2c1. The molecule has 4 nitrogen and oxygen atoms in total. The molecule has 0 heterocycles. The fraction of sp³-hybridized carbons (Fsp3) is 0. The second kappa shape index (κ2) is 5.69. The monoisotopic (exact) mass is 292 g/mol. The minimum atomic E-state index is -1.07. The van der Waals surface area contributed by atoms with E-state index in [0.29, 0.717) is 16.3 Å². The predicted molar refractivity (Wildman–Crippen MR) is 82.3 cm³/mol. The minimum absolute atomic E-state index is 0.0783. The van der Waals surface area contributed by atoms with E-state index >= 15 is 0 Å². The largest absolute Gasteiger partial charge is 0.478 e. The maximum absolute atomic E-state index is 12.2. The molecule has 22 heavy (non-hydrogen) atoms. The number of carboxylic acid groups (broad SMARTS) is 1. The van der Waals surface area contributed by atoms with Gasteiger partial charge < -0.3 is 9.84 Å². The van der Waals surface area contributed by atoms with Gasteiger partial charge in [0.25, 0.3) is 0 Å². The molecule has 0 aliphatic rings. The molecule has 0 aliphatic heterocycles. The molecule has 3 aromatic rings. The van der Waals surface area contributed by atoms with Crippen LogP contribution in [-0.4, -0.2) is 17.0 Å². The van der Waals surface area contributed by atoms with Gasteiger partial charge in [0.1, 0.15) is 5.75 Å². The Morgan fingerprint density at radius 3 is 2.23 bits per heavy atom. The molecule has 4 heteroatoms. The molecule has 0 saturated heterocycles. The van der Waals surface area contributed by atoms with Crippen molar-refractivity contribution in [2.24, 2.45) is 0 Å². The number of carboxylic acids is 1. The third-order valence-corrected chi connectivity index (χ3v) is 3.28. The lowest BCUT2D eigenvalue weighted by Gasteiger charge is -2.09. The van der Waals surface area contributed by atoms with Crippen molar-refractivity contribution in [1.29, 1.82) is 0 Å². The molecule has 3 rings (SSSR count).